The zero-order valence-corrected chi connectivity index (χ0v) is 12.8. The van der Waals surface area contributed by atoms with E-state index in [1.165, 1.54) is 0 Å². The third-order valence-corrected chi connectivity index (χ3v) is 3.75. The molecule has 0 amide bonds. The number of aromatic nitrogens is 1. The van der Waals surface area contributed by atoms with Gasteiger partial charge in [-0.1, -0.05) is 29.8 Å². The molecular weight excluding hydrogens is 284 g/mol. The molecule has 1 aromatic heterocycles. The summed E-state index contributed by atoms with van der Waals surface area (Å²) in [5.41, 5.74) is 4.01. The number of aryl methyl sites for hydroxylation is 1. The Morgan fingerprint density at radius 2 is 2.05 bits per heavy atom. The van der Waals surface area contributed by atoms with Crippen molar-refractivity contribution in [3.8, 4) is 0 Å². The van der Waals surface area contributed by atoms with E-state index in [9.17, 15) is 0 Å². The number of halogens is 1. The van der Waals surface area contributed by atoms with Crippen LogP contribution >= 0.6 is 11.6 Å². The second-order valence-electron chi connectivity index (χ2n) is 5.18. The number of rotatable bonds is 4. The molecule has 0 spiro atoms. The van der Waals surface area contributed by atoms with Crippen molar-refractivity contribution in [3.05, 3.63) is 64.5 Å². The number of oxazole rings is 1. The summed E-state index contributed by atoms with van der Waals surface area (Å²) in [4.78, 5) is 4.53. The summed E-state index contributed by atoms with van der Waals surface area (Å²) < 4.78 is 5.80. The molecule has 2 aromatic carbocycles. The predicted octanol–water partition coefficient (Wildman–Crippen LogP) is 4.29. The Hall–Kier alpha value is -1.84. The molecule has 0 bridgehead atoms. The number of hydrogen-bond acceptors (Lipinski definition) is 3. The van der Waals surface area contributed by atoms with Gasteiger partial charge in [0.05, 0.1) is 0 Å². The van der Waals surface area contributed by atoms with E-state index >= 15 is 0 Å². The summed E-state index contributed by atoms with van der Waals surface area (Å²) in [5.74, 6) is 0.730. The van der Waals surface area contributed by atoms with Crippen LogP contribution in [0.4, 0.5) is 0 Å². The first-order valence-electron chi connectivity index (χ1n) is 6.94. The van der Waals surface area contributed by atoms with Crippen LogP contribution in [0.1, 0.15) is 23.1 Å². The number of nitrogens with zero attached hydrogens (tertiary/aromatic N) is 1. The third-order valence-electron chi connectivity index (χ3n) is 3.53. The highest BCUT2D eigenvalue weighted by molar-refractivity contribution is 6.30. The van der Waals surface area contributed by atoms with Crippen molar-refractivity contribution in [1.82, 2.24) is 10.3 Å². The van der Waals surface area contributed by atoms with Crippen LogP contribution in [0.2, 0.25) is 5.02 Å². The lowest BCUT2D eigenvalue weighted by molar-refractivity contribution is 0.473. The first kappa shape index (κ1) is 14.1. The summed E-state index contributed by atoms with van der Waals surface area (Å²) in [6.45, 7) is 2.04. The van der Waals surface area contributed by atoms with Crippen LogP contribution in [0.15, 0.2) is 46.9 Å². The largest absolute Gasteiger partial charge is 0.441 e. The molecule has 0 saturated carbocycles. The van der Waals surface area contributed by atoms with E-state index in [0.29, 0.717) is 6.42 Å². The SMILES string of the molecule is CNC(Cc1nc2ccccc2o1)c1cc(C)cc(Cl)c1. The highest BCUT2D eigenvalue weighted by atomic mass is 35.5. The van der Waals surface area contributed by atoms with Crippen LogP contribution in [0, 0.1) is 6.92 Å². The Kier molecular flexibility index (Phi) is 3.95. The van der Waals surface area contributed by atoms with Gasteiger partial charge >= 0.3 is 0 Å². The lowest BCUT2D eigenvalue weighted by atomic mass is 10.0. The zero-order chi connectivity index (χ0) is 14.8. The van der Waals surface area contributed by atoms with Crippen LogP contribution in [-0.2, 0) is 6.42 Å². The van der Waals surface area contributed by atoms with Gasteiger partial charge in [-0.3, -0.25) is 0 Å². The molecule has 0 radical (unpaired) electrons. The smallest absolute Gasteiger partial charge is 0.197 e. The number of hydrogen-bond donors (Lipinski definition) is 1. The molecule has 3 rings (SSSR count). The maximum absolute atomic E-state index is 6.15. The Bertz CT molecular complexity index is 713. The molecule has 4 heteroatoms. The van der Waals surface area contributed by atoms with Crippen molar-refractivity contribution in [2.45, 2.75) is 19.4 Å². The first-order chi connectivity index (χ1) is 10.2. The molecule has 1 N–H and O–H groups in total. The third kappa shape index (κ3) is 3.09. The van der Waals surface area contributed by atoms with E-state index in [1.807, 2.05) is 50.4 Å². The fourth-order valence-electron chi connectivity index (χ4n) is 2.53. The van der Waals surface area contributed by atoms with E-state index in [1.54, 1.807) is 0 Å². The molecule has 0 fully saturated rings. The first-order valence-corrected chi connectivity index (χ1v) is 7.32. The monoisotopic (exact) mass is 300 g/mol. The highest BCUT2D eigenvalue weighted by Gasteiger charge is 2.15. The van der Waals surface area contributed by atoms with Gasteiger partial charge in [0.25, 0.3) is 0 Å². The fraction of sp³-hybridized carbons (Fsp3) is 0.235. The van der Waals surface area contributed by atoms with Crippen molar-refractivity contribution in [3.63, 3.8) is 0 Å². The number of likely N-dealkylation sites (N-methyl/N-ethyl adjacent to an activating group) is 1. The van der Waals surface area contributed by atoms with Gasteiger partial charge in [-0.2, -0.15) is 0 Å². The quantitative estimate of drug-likeness (QED) is 0.781. The highest BCUT2D eigenvalue weighted by Crippen LogP contribution is 2.24. The second kappa shape index (κ2) is 5.88. The van der Waals surface area contributed by atoms with Crippen LogP contribution in [-0.4, -0.2) is 12.0 Å². The van der Waals surface area contributed by atoms with Crippen molar-refractivity contribution in [2.24, 2.45) is 0 Å². The molecule has 1 atom stereocenters. The lowest BCUT2D eigenvalue weighted by Gasteiger charge is -2.15. The van der Waals surface area contributed by atoms with Gasteiger partial charge in [-0.15, -0.1) is 0 Å². The van der Waals surface area contributed by atoms with E-state index in [0.717, 1.165) is 33.1 Å². The molecule has 3 aromatic rings. The molecule has 0 aliphatic rings. The zero-order valence-electron chi connectivity index (χ0n) is 12.1. The van der Waals surface area contributed by atoms with Crippen molar-refractivity contribution >= 4 is 22.7 Å². The van der Waals surface area contributed by atoms with Gasteiger partial charge in [0.2, 0.25) is 0 Å². The molecule has 1 unspecified atom stereocenters. The van der Waals surface area contributed by atoms with Crippen LogP contribution in [0.5, 0.6) is 0 Å². The van der Waals surface area contributed by atoms with E-state index in [-0.39, 0.29) is 6.04 Å². The fourth-order valence-corrected chi connectivity index (χ4v) is 2.83. The second-order valence-corrected chi connectivity index (χ2v) is 5.62. The maximum Gasteiger partial charge on any atom is 0.197 e. The lowest BCUT2D eigenvalue weighted by Crippen LogP contribution is -2.19. The maximum atomic E-state index is 6.15. The summed E-state index contributed by atoms with van der Waals surface area (Å²) in [7, 11) is 1.93. The van der Waals surface area contributed by atoms with Gasteiger partial charge in [-0.25, -0.2) is 4.98 Å². The molecule has 21 heavy (non-hydrogen) atoms. The minimum absolute atomic E-state index is 0.121. The van der Waals surface area contributed by atoms with E-state index in [2.05, 4.69) is 16.4 Å². The average molecular weight is 301 g/mol. The topological polar surface area (TPSA) is 38.1 Å². The Morgan fingerprint density at radius 1 is 1.24 bits per heavy atom. The summed E-state index contributed by atoms with van der Waals surface area (Å²) >= 11 is 6.15. The number of para-hydroxylation sites is 2. The Labute approximate surface area is 128 Å². The van der Waals surface area contributed by atoms with Crippen molar-refractivity contribution < 1.29 is 4.42 Å². The number of fused-ring (bicyclic) bond motifs is 1. The predicted molar refractivity (Wildman–Crippen MR) is 85.7 cm³/mol. The molecule has 0 aliphatic heterocycles. The Morgan fingerprint density at radius 3 is 2.76 bits per heavy atom. The van der Waals surface area contributed by atoms with E-state index in [4.69, 9.17) is 16.0 Å². The molecule has 0 aliphatic carbocycles. The summed E-state index contributed by atoms with van der Waals surface area (Å²) in [6, 6.07) is 14.0. The normalized spacial score (nSPS) is 12.7. The van der Waals surface area contributed by atoms with Crippen LogP contribution in [0.25, 0.3) is 11.1 Å². The minimum Gasteiger partial charge on any atom is -0.441 e. The molecular formula is C17H17ClN2O. The van der Waals surface area contributed by atoms with Crippen molar-refractivity contribution in [2.75, 3.05) is 7.05 Å². The molecule has 0 saturated heterocycles. The van der Waals surface area contributed by atoms with E-state index < -0.39 is 0 Å². The molecule has 108 valence electrons. The van der Waals surface area contributed by atoms with Crippen molar-refractivity contribution in [1.29, 1.82) is 0 Å². The molecule has 3 nitrogen and oxygen atoms in total. The average Bonchev–Trinajstić information content (AvgIpc) is 2.86. The van der Waals surface area contributed by atoms with Gasteiger partial charge in [0.15, 0.2) is 11.5 Å². The van der Waals surface area contributed by atoms with Gasteiger partial charge in [0, 0.05) is 17.5 Å². The minimum atomic E-state index is 0.121. The standard InChI is InChI=1S/C17H17ClN2O/c1-11-7-12(9-13(18)8-11)15(19-2)10-17-20-14-5-3-4-6-16(14)21-17/h3-9,15,19H,10H2,1-2H3. The Balaban J connectivity index is 1.89. The van der Waals surface area contributed by atoms with Gasteiger partial charge in [0.1, 0.15) is 5.52 Å². The van der Waals surface area contributed by atoms with Crippen LogP contribution in [0.3, 0.4) is 0 Å². The summed E-state index contributed by atoms with van der Waals surface area (Å²) in [6.07, 6.45) is 0.685. The summed E-state index contributed by atoms with van der Waals surface area (Å²) in [5, 5.41) is 4.06. The van der Waals surface area contributed by atoms with Crippen LogP contribution < -0.4 is 5.32 Å². The molecule has 1 heterocycles. The van der Waals surface area contributed by atoms with Gasteiger partial charge in [-0.05, 0) is 49.4 Å². The van der Waals surface area contributed by atoms with Gasteiger partial charge < -0.3 is 9.73 Å². The number of benzene rings is 2. The number of nitrogens with one attached hydrogen (secondary N) is 1.